The molecule has 0 atom stereocenters. The van der Waals surface area contributed by atoms with Crippen LogP contribution in [0.1, 0.15) is 0 Å². The van der Waals surface area contributed by atoms with Crippen molar-refractivity contribution in [1.29, 1.82) is 0 Å². The molecule has 1 aliphatic rings. The normalized spacial score (nSPS) is 14.7. The van der Waals surface area contributed by atoms with Crippen molar-refractivity contribution in [3.8, 4) is 0 Å². The molecule has 0 fully saturated rings. The summed E-state index contributed by atoms with van der Waals surface area (Å²) in [6.07, 6.45) is 2.02. The van der Waals surface area contributed by atoms with Crippen molar-refractivity contribution >= 4 is 18.9 Å². The minimum atomic E-state index is -0.646. The summed E-state index contributed by atoms with van der Waals surface area (Å²) in [5, 5.41) is 20.7. The maximum Gasteiger partial charge on any atom is 1.00 e. The van der Waals surface area contributed by atoms with Crippen LogP contribution in [0.3, 0.4) is 0 Å². The Morgan fingerprint density at radius 2 is 2.00 bits per heavy atom. The second-order valence-electron chi connectivity index (χ2n) is 1.58. The van der Waals surface area contributed by atoms with Gasteiger partial charge in [0.15, 0.2) is 0 Å². The van der Waals surface area contributed by atoms with Gasteiger partial charge in [-0.25, -0.2) is 5.11 Å². The Bertz CT molecular complexity index is 208. The van der Waals surface area contributed by atoms with Crippen LogP contribution < -0.4 is 24.0 Å². The van der Waals surface area contributed by atoms with Gasteiger partial charge in [-0.05, 0) is 6.08 Å². The van der Waals surface area contributed by atoms with Crippen LogP contribution in [0.2, 0.25) is 0 Å². The van der Waals surface area contributed by atoms with E-state index in [2.05, 4.69) is 11.3 Å². The van der Waals surface area contributed by atoms with Crippen molar-refractivity contribution in [2.75, 3.05) is 0 Å². The van der Waals surface area contributed by atoms with Gasteiger partial charge >= 0.3 is 24.8 Å². The third kappa shape index (κ3) is 4.29. The minimum Gasteiger partial charge on any atom is -0.872 e. The molecule has 1 rings (SSSR count). The molecule has 0 N–H and O–H groups in total. The van der Waals surface area contributed by atoms with Gasteiger partial charge in [-0.15, -0.1) is 0 Å². The van der Waals surface area contributed by atoms with Crippen molar-refractivity contribution in [1.82, 2.24) is 0 Å². The Balaban J connectivity index is 0. The summed E-state index contributed by atoms with van der Waals surface area (Å²) in [6, 6.07) is 0. The van der Waals surface area contributed by atoms with E-state index < -0.39 is 5.95 Å². The number of allylic oxidation sites excluding steroid dienone is 2. The zero-order chi connectivity index (χ0) is 6.85. The van der Waals surface area contributed by atoms with E-state index in [0.29, 0.717) is 0 Å². The van der Waals surface area contributed by atoms with Gasteiger partial charge in [-0.2, -0.15) is 0 Å². The zero-order valence-corrected chi connectivity index (χ0v) is 6.59. The summed E-state index contributed by atoms with van der Waals surface area (Å²) in [6.45, 7) is 3.28. The Morgan fingerprint density at radius 1 is 1.45 bits per heavy atom. The van der Waals surface area contributed by atoms with Gasteiger partial charge in [0, 0.05) is 24.9 Å². The zero-order valence-electron chi connectivity index (χ0n) is 6.59. The van der Waals surface area contributed by atoms with Crippen LogP contribution in [-0.2, 0) is 9.84 Å². The molecule has 0 saturated heterocycles. The molecule has 0 aliphatic carbocycles. The van der Waals surface area contributed by atoms with E-state index >= 15 is 0 Å². The van der Waals surface area contributed by atoms with E-state index in [1.54, 1.807) is 0 Å². The SMILES string of the molecule is C=C1C=C([O-])C=C([O])O1.[Li+].[Li]. The van der Waals surface area contributed by atoms with E-state index in [-0.39, 0.29) is 49.2 Å². The first-order valence-corrected chi connectivity index (χ1v) is 2.32. The molecule has 2 radical (unpaired) electrons. The fourth-order valence-electron chi connectivity index (χ4n) is 0.505. The quantitative estimate of drug-likeness (QED) is 0.329. The Hall–Kier alpha value is -0.185. The Labute approximate surface area is 88.8 Å². The molecular formula is C6H4Li2O3. The molecule has 48 valence electrons. The number of hydrogen-bond acceptors (Lipinski definition) is 2. The van der Waals surface area contributed by atoms with Gasteiger partial charge in [0.2, 0.25) is 0 Å². The molecule has 5 heteroatoms. The van der Waals surface area contributed by atoms with Gasteiger partial charge in [0.05, 0.1) is 0 Å². The largest absolute Gasteiger partial charge is 1.00 e. The molecule has 0 aromatic heterocycles. The minimum absolute atomic E-state index is 0. The predicted molar refractivity (Wildman–Crippen MR) is 32.8 cm³/mol. The van der Waals surface area contributed by atoms with Crippen LogP contribution in [0.15, 0.2) is 36.2 Å². The number of hydrogen-bond donors (Lipinski definition) is 0. The molecule has 1 heterocycles. The summed E-state index contributed by atoms with van der Waals surface area (Å²) >= 11 is 0. The molecule has 0 amide bonds. The summed E-state index contributed by atoms with van der Waals surface area (Å²) in [7, 11) is 0. The molecular weight excluding hydrogens is 134 g/mol. The van der Waals surface area contributed by atoms with Crippen LogP contribution in [0.5, 0.6) is 0 Å². The van der Waals surface area contributed by atoms with Crippen LogP contribution in [-0.4, -0.2) is 18.9 Å². The van der Waals surface area contributed by atoms with Gasteiger partial charge in [-0.3, -0.25) is 0 Å². The van der Waals surface area contributed by atoms with E-state index in [1.165, 1.54) is 0 Å². The first-order valence-electron chi connectivity index (χ1n) is 2.32. The number of ether oxygens (including phenoxy) is 1. The van der Waals surface area contributed by atoms with Crippen molar-refractivity contribution in [2.45, 2.75) is 0 Å². The van der Waals surface area contributed by atoms with E-state index in [4.69, 9.17) is 0 Å². The molecule has 11 heavy (non-hydrogen) atoms. The summed E-state index contributed by atoms with van der Waals surface area (Å²) in [5.74, 6) is -0.906. The first-order chi connectivity index (χ1) is 4.18. The van der Waals surface area contributed by atoms with Crippen molar-refractivity contribution < 1.29 is 33.8 Å². The summed E-state index contributed by atoms with van der Waals surface area (Å²) in [5.41, 5.74) is 0. The molecule has 0 aromatic rings. The smallest absolute Gasteiger partial charge is 0.872 e. The van der Waals surface area contributed by atoms with Crippen LogP contribution >= 0.6 is 0 Å². The number of rotatable bonds is 0. The molecule has 0 saturated carbocycles. The maximum absolute atomic E-state index is 10.4. The molecule has 0 aromatic carbocycles. The fraction of sp³-hybridized carbons (Fsp3) is 0. The summed E-state index contributed by atoms with van der Waals surface area (Å²) < 4.78 is 4.39. The average Bonchev–Trinajstić information content (AvgIpc) is 1.59. The predicted octanol–water partition coefficient (Wildman–Crippen LogP) is -3.33. The fourth-order valence-corrected chi connectivity index (χ4v) is 0.505. The maximum atomic E-state index is 10.4. The van der Waals surface area contributed by atoms with Gasteiger partial charge in [-0.1, -0.05) is 12.3 Å². The third-order valence-electron chi connectivity index (χ3n) is 0.795. The van der Waals surface area contributed by atoms with E-state index in [1.807, 2.05) is 0 Å². The third-order valence-corrected chi connectivity index (χ3v) is 0.795. The van der Waals surface area contributed by atoms with Crippen LogP contribution in [0, 0.1) is 0 Å². The summed E-state index contributed by atoms with van der Waals surface area (Å²) in [4.78, 5) is 0. The molecule has 1 aliphatic heterocycles. The standard InChI is InChI=1S/C6H5O3.2Li/c1-4-2-5(7)3-6(8)9-4;;/h2-3,7H,1H2;;/q;;+1/p-1. The molecule has 3 nitrogen and oxygen atoms in total. The van der Waals surface area contributed by atoms with Crippen LogP contribution in [0.4, 0.5) is 0 Å². The topological polar surface area (TPSA) is 52.2 Å². The van der Waals surface area contributed by atoms with Crippen LogP contribution in [0.25, 0.3) is 0 Å². The average molecular weight is 138 g/mol. The molecule has 0 unspecified atom stereocenters. The molecule has 0 spiro atoms. The van der Waals surface area contributed by atoms with E-state index in [9.17, 15) is 10.2 Å². The van der Waals surface area contributed by atoms with Crippen molar-refractivity contribution in [2.24, 2.45) is 0 Å². The Morgan fingerprint density at radius 3 is 2.36 bits per heavy atom. The van der Waals surface area contributed by atoms with Gasteiger partial charge < -0.3 is 9.84 Å². The second kappa shape index (κ2) is 5.46. The van der Waals surface area contributed by atoms with Crippen molar-refractivity contribution in [3.05, 3.63) is 36.2 Å². The van der Waals surface area contributed by atoms with Gasteiger partial charge in [0.1, 0.15) is 5.76 Å². The second-order valence-corrected chi connectivity index (χ2v) is 1.58. The van der Waals surface area contributed by atoms with Gasteiger partial charge in [0.25, 0.3) is 0 Å². The monoisotopic (exact) mass is 138 g/mol. The Kier molecular flexibility index (Phi) is 6.66. The van der Waals surface area contributed by atoms with Crippen molar-refractivity contribution in [3.63, 3.8) is 0 Å². The first kappa shape index (κ1) is 13.4. The molecule has 0 bridgehead atoms. The van der Waals surface area contributed by atoms with E-state index in [0.717, 1.165) is 12.2 Å².